The summed E-state index contributed by atoms with van der Waals surface area (Å²) in [7, 11) is 0. The summed E-state index contributed by atoms with van der Waals surface area (Å²) in [4.78, 5) is 29.7. The van der Waals surface area contributed by atoms with Crippen molar-refractivity contribution in [3.63, 3.8) is 0 Å². The number of anilines is 1. The lowest BCUT2D eigenvalue weighted by Gasteiger charge is -2.36. The Morgan fingerprint density at radius 2 is 1.49 bits per heavy atom. The minimum atomic E-state index is -0.248. The second-order valence-corrected chi connectivity index (χ2v) is 10.1. The van der Waals surface area contributed by atoms with E-state index in [2.05, 4.69) is 11.0 Å². The Hall–Kier alpha value is -3.03. The van der Waals surface area contributed by atoms with E-state index in [9.17, 15) is 9.59 Å². The molecular weight excluding hydrogens is 531 g/mol. The summed E-state index contributed by atoms with van der Waals surface area (Å²) in [5.74, 6) is 0.0691. The second-order valence-electron chi connectivity index (χ2n) is 8.89. The first-order chi connectivity index (χ1) is 17.9. The molecule has 0 bridgehead atoms. The normalized spacial score (nSPS) is 13.8. The third-order valence-electron chi connectivity index (χ3n) is 6.68. The lowest BCUT2D eigenvalue weighted by atomic mass is 9.98. The molecule has 0 saturated carbocycles. The zero-order valence-corrected chi connectivity index (χ0v) is 22.2. The molecule has 0 aliphatic carbocycles. The fourth-order valence-electron chi connectivity index (χ4n) is 4.85. The van der Waals surface area contributed by atoms with Crippen molar-refractivity contribution in [3.8, 4) is 16.8 Å². The van der Waals surface area contributed by atoms with Crippen molar-refractivity contribution in [2.24, 2.45) is 5.73 Å². The number of hydrogen-bond donors (Lipinski definition) is 1. The van der Waals surface area contributed by atoms with Crippen molar-refractivity contribution in [3.05, 3.63) is 92.2 Å². The lowest BCUT2D eigenvalue weighted by Crippen LogP contribution is -2.49. The number of piperazine rings is 1. The minimum Gasteiger partial charge on any atom is -0.368 e. The quantitative estimate of drug-likeness (QED) is 0.347. The Morgan fingerprint density at radius 3 is 2.16 bits per heavy atom. The number of fused-ring (bicyclic) bond motifs is 1. The van der Waals surface area contributed by atoms with Gasteiger partial charge in [-0.2, -0.15) is 0 Å². The Labute approximate surface area is 229 Å². The number of carbonyl (C=O) groups is 1. The lowest BCUT2D eigenvalue weighted by molar-refractivity contribution is -0.131. The van der Waals surface area contributed by atoms with Gasteiger partial charge in [0.05, 0.1) is 21.2 Å². The second kappa shape index (κ2) is 10.8. The van der Waals surface area contributed by atoms with Crippen LogP contribution in [0.25, 0.3) is 27.7 Å². The van der Waals surface area contributed by atoms with Gasteiger partial charge in [0.25, 0.3) is 5.56 Å². The summed E-state index contributed by atoms with van der Waals surface area (Å²) in [6.07, 6.45) is 0.345. The number of nitrogens with zero attached hydrogens (tertiary/aromatic N) is 3. The molecule has 37 heavy (non-hydrogen) atoms. The number of rotatable bonds is 5. The third kappa shape index (κ3) is 4.94. The first-order valence-electron chi connectivity index (χ1n) is 12.0. The van der Waals surface area contributed by atoms with Crippen LogP contribution in [-0.4, -0.2) is 48.1 Å². The smallest absolute Gasteiger partial charge is 0.255 e. The van der Waals surface area contributed by atoms with Gasteiger partial charge in [0.15, 0.2) is 0 Å². The standard InChI is InChI=1S/C28H25Cl3N4O2/c29-22-5-2-1-4-19(22)21-16-18(33-12-14-34(15-13-33)26(36)10-11-32)17-25-20(21)8-9-27(37)35(25)28-23(30)6-3-7-24(28)31/h1-9,16-17H,10-15,32H2. The number of hydrogen-bond acceptors (Lipinski definition) is 4. The highest BCUT2D eigenvalue weighted by atomic mass is 35.5. The SMILES string of the molecule is NCCC(=O)N1CCN(c2cc(-c3ccccc3Cl)c3ccc(=O)n(-c4c(Cl)cccc4Cl)c3c2)CC1. The van der Waals surface area contributed by atoms with E-state index in [1.54, 1.807) is 22.8 Å². The molecule has 6 nitrogen and oxygen atoms in total. The Bertz CT molecular complexity index is 1520. The summed E-state index contributed by atoms with van der Waals surface area (Å²) >= 11 is 19.8. The topological polar surface area (TPSA) is 71.6 Å². The van der Waals surface area contributed by atoms with E-state index in [1.165, 1.54) is 6.07 Å². The molecule has 1 aromatic heterocycles. The van der Waals surface area contributed by atoms with Gasteiger partial charge < -0.3 is 15.5 Å². The van der Waals surface area contributed by atoms with Gasteiger partial charge in [-0.25, -0.2) is 0 Å². The molecule has 0 radical (unpaired) electrons. The van der Waals surface area contributed by atoms with Crippen LogP contribution in [0.1, 0.15) is 6.42 Å². The number of nitrogens with two attached hydrogens (primary N) is 1. The first-order valence-corrected chi connectivity index (χ1v) is 13.1. The molecule has 0 spiro atoms. The average Bonchev–Trinajstić information content (AvgIpc) is 2.89. The van der Waals surface area contributed by atoms with Crippen molar-refractivity contribution in [2.45, 2.75) is 6.42 Å². The number of halogens is 3. The predicted octanol–water partition coefficient (Wildman–Crippen LogP) is 5.62. The van der Waals surface area contributed by atoms with Crippen LogP contribution in [0.4, 0.5) is 5.69 Å². The molecule has 1 aliphatic heterocycles. The molecule has 2 N–H and O–H groups in total. The molecule has 1 fully saturated rings. The zero-order valence-electron chi connectivity index (χ0n) is 20.0. The summed E-state index contributed by atoms with van der Waals surface area (Å²) in [5, 5.41) is 2.19. The van der Waals surface area contributed by atoms with Crippen molar-refractivity contribution in [1.29, 1.82) is 0 Å². The number of carbonyl (C=O) groups excluding carboxylic acids is 1. The molecule has 0 unspecified atom stereocenters. The minimum absolute atomic E-state index is 0.0691. The van der Waals surface area contributed by atoms with Crippen LogP contribution < -0.4 is 16.2 Å². The Balaban J connectivity index is 1.71. The number of amides is 1. The fourth-order valence-corrected chi connectivity index (χ4v) is 5.65. The van der Waals surface area contributed by atoms with E-state index in [1.807, 2.05) is 41.3 Å². The van der Waals surface area contributed by atoms with Gasteiger partial charge in [-0.05, 0) is 42.0 Å². The van der Waals surface area contributed by atoms with Crippen LogP contribution >= 0.6 is 34.8 Å². The van der Waals surface area contributed by atoms with Crippen LogP contribution in [0, 0.1) is 0 Å². The maximum atomic E-state index is 13.3. The highest BCUT2D eigenvalue weighted by molar-refractivity contribution is 6.38. The van der Waals surface area contributed by atoms with Crippen LogP contribution in [0.2, 0.25) is 15.1 Å². The van der Waals surface area contributed by atoms with Gasteiger partial charge in [-0.1, -0.05) is 59.1 Å². The summed E-state index contributed by atoms with van der Waals surface area (Å²) < 4.78 is 1.56. The molecule has 1 amide bonds. The summed E-state index contributed by atoms with van der Waals surface area (Å²) in [6.45, 7) is 2.82. The van der Waals surface area contributed by atoms with Gasteiger partial charge in [-0.15, -0.1) is 0 Å². The predicted molar refractivity (Wildman–Crippen MR) is 152 cm³/mol. The van der Waals surface area contributed by atoms with E-state index >= 15 is 0 Å². The van der Waals surface area contributed by atoms with Crippen molar-refractivity contribution in [1.82, 2.24) is 9.47 Å². The van der Waals surface area contributed by atoms with Gasteiger partial charge in [0.1, 0.15) is 0 Å². The van der Waals surface area contributed by atoms with Crippen LogP contribution in [0.15, 0.2) is 71.5 Å². The number of aromatic nitrogens is 1. The third-order valence-corrected chi connectivity index (χ3v) is 7.62. The Morgan fingerprint density at radius 1 is 0.811 bits per heavy atom. The van der Waals surface area contributed by atoms with Gasteiger partial charge >= 0.3 is 0 Å². The van der Waals surface area contributed by atoms with Gasteiger partial charge in [0, 0.05) is 66.9 Å². The van der Waals surface area contributed by atoms with E-state index in [4.69, 9.17) is 40.5 Å². The van der Waals surface area contributed by atoms with Crippen LogP contribution in [0.3, 0.4) is 0 Å². The van der Waals surface area contributed by atoms with Crippen LogP contribution in [-0.2, 0) is 4.79 Å². The molecule has 9 heteroatoms. The van der Waals surface area contributed by atoms with Crippen molar-refractivity contribution in [2.75, 3.05) is 37.6 Å². The molecule has 4 aromatic rings. The van der Waals surface area contributed by atoms with Gasteiger partial charge in [-0.3, -0.25) is 14.2 Å². The molecule has 190 valence electrons. The van der Waals surface area contributed by atoms with E-state index < -0.39 is 0 Å². The highest BCUT2D eigenvalue weighted by Gasteiger charge is 2.23. The summed E-state index contributed by atoms with van der Waals surface area (Å²) in [6, 6.07) is 20.2. The van der Waals surface area contributed by atoms with Crippen LogP contribution in [0.5, 0.6) is 0 Å². The molecule has 2 heterocycles. The fraction of sp³-hybridized carbons (Fsp3) is 0.214. The molecule has 1 aliphatic rings. The maximum Gasteiger partial charge on any atom is 0.255 e. The molecule has 3 aromatic carbocycles. The van der Waals surface area contributed by atoms with Crippen molar-refractivity contribution < 1.29 is 4.79 Å². The highest BCUT2D eigenvalue weighted by Crippen LogP contribution is 2.38. The number of benzene rings is 3. The van der Waals surface area contributed by atoms with E-state index in [0.717, 1.165) is 22.2 Å². The molecular formula is C28H25Cl3N4O2. The number of para-hydroxylation sites is 1. The van der Waals surface area contributed by atoms with Crippen molar-refractivity contribution >= 4 is 57.3 Å². The number of pyridine rings is 1. The Kier molecular flexibility index (Phi) is 7.45. The van der Waals surface area contributed by atoms with E-state index in [-0.39, 0.29) is 11.5 Å². The van der Waals surface area contributed by atoms with E-state index in [0.29, 0.717) is 65.4 Å². The molecule has 1 saturated heterocycles. The summed E-state index contributed by atoms with van der Waals surface area (Å²) in [5.41, 5.74) is 9.07. The zero-order chi connectivity index (χ0) is 26.1. The largest absolute Gasteiger partial charge is 0.368 e. The average molecular weight is 556 g/mol. The molecule has 0 atom stereocenters. The monoisotopic (exact) mass is 554 g/mol. The molecule has 5 rings (SSSR count). The first kappa shape index (κ1) is 25.6. The van der Waals surface area contributed by atoms with Gasteiger partial charge in [0.2, 0.25) is 5.91 Å². The maximum absolute atomic E-state index is 13.3.